The molecule has 0 spiro atoms. The predicted octanol–water partition coefficient (Wildman–Crippen LogP) is 2.27. The van der Waals surface area contributed by atoms with Gasteiger partial charge < -0.3 is 19.5 Å². The Hall–Kier alpha value is -2.27. The van der Waals surface area contributed by atoms with Gasteiger partial charge in [-0.15, -0.1) is 0 Å². The first-order chi connectivity index (χ1) is 10.3. The summed E-state index contributed by atoms with van der Waals surface area (Å²) in [6, 6.07) is 11.4. The fourth-order valence-electron chi connectivity index (χ4n) is 1.88. The average molecular weight is 288 g/mol. The molecule has 0 aliphatic rings. The van der Waals surface area contributed by atoms with Gasteiger partial charge in [-0.2, -0.15) is 0 Å². The largest absolute Gasteiger partial charge is 0.497 e. The molecule has 0 aliphatic carbocycles. The van der Waals surface area contributed by atoms with E-state index >= 15 is 0 Å². The van der Waals surface area contributed by atoms with Crippen LogP contribution in [0.15, 0.2) is 42.6 Å². The molecule has 2 rings (SSSR count). The van der Waals surface area contributed by atoms with Crippen LogP contribution in [0.1, 0.15) is 5.56 Å². The second-order valence-corrected chi connectivity index (χ2v) is 4.37. The predicted molar refractivity (Wildman–Crippen MR) is 81.0 cm³/mol. The summed E-state index contributed by atoms with van der Waals surface area (Å²) < 4.78 is 16.0. The number of hydrogen-bond acceptors (Lipinski definition) is 5. The monoisotopic (exact) mass is 288 g/mol. The van der Waals surface area contributed by atoms with Crippen molar-refractivity contribution in [2.75, 3.05) is 27.4 Å². The van der Waals surface area contributed by atoms with Gasteiger partial charge in [0.05, 0.1) is 14.2 Å². The van der Waals surface area contributed by atoms with Gasteiger partial charge in [0, 0.05) is 37.0 Å². The molecule has 112 valence electrons. The maximum absolute atomic E-state index is 5.51. The molecule has 21 heavy (non-hydrogen) atoms. The molecular formula is C16H20N2O3. The number of rotatable bonds is 8. The number of benzene rings is 1. The van der Waals surface area contributed by atoms with Crippen molar-refractivity contribution in [3.63, 3.8) is 0 Å². The minimum atomic E-state index is 0.565. The molecule has 0 saturated heterocycles. The van der Waals surface area contributed by atoms with Crippen LogP contribution in [0, 0.1) is 0 Å². The Bertz CT molecular complexity index is 546. The molecule has 0 aliphatic heterocycles. The zero-order chi connectivity index (χ0) is 14.9. The van der Waals surface area contributed by atoms with Gasteiger partial charge in [0.2, 0.25) is 5.88 Å². The van der Waals surface area contributed by atoms with E-state index in [-0.39, 0.29) is 0 Å². The van der Waals surface area contributed by atoms with Crippen molar-refractivity contribution < 1.29 is 14.2 Å². The van der Waals surface area contributed by atoms with Gasteiger partial charge in [0.1, 0.15) is 18.1 Å². The highest BCUT2D eigenvalue weighted by atomic mass is 16.5. The van der Waals surface area contributed by atoms with E-state index in [0.29, 0.717) is 19.0 Å². The quantitative estimate of drug-likeness (QED) is 0.755. The maximum Gasteiger partial charge on any atom is 0.213 e. The Morgan fingerprint density at radius 3 is 2.71 bits per heavy atom. The second-order valence-electron chi connectivity index (χ2n) is 4.37. The molecule has 0 bridgehead atoms. The van der Waals surface area contributed by atoms with E-state index in [4.69, 9.17) is 14.2 Å². The molecule has 2 aromatic rings. The van der Waals surface area contributed by atoms with Crippen LogP contribution in [0.5, 0.6) is 17.4 Å². The number of nitrogens with one attached hydrogen (secondary N) is 1. The van der Waals surface area contributed by atoms with Gasteiger partial charge in [-0.05, 0) is 12.1 Å². The fraction of sp³-hybridized carbons (Fsp3) is 0.312. The van der Waals surface area contributed by atoms with Crippen molar-refractivity contribution in [1.82, 2.24) is 10.3 Å². The van der Waals surface area contributed by atoms with Crippen molar-refractivity contribution in [3.05, 3.63) is 48.2 Å². The normalized spacial score (nSPS) is 10.2. The van der Waals surface area contributed by atoms with E-state index in [2.05, 4.69) is 10.3 Å². The number of pyridine rings is 1. The van der Waals surface area contributed by atoms with Crippen molar-refractivity contribution in [1.29, 1.82) is 0 Å². The summed E-state index contributed by atoms with van der Waals surface area (Å²) in [6.07, 6.45) is 1.71. The lowest BCUT2D eigenvalue weighted by Gasteiger charge is -2.11. The van der Waals surface area contributed by atoms with Gasteiger partial charge in [0.15, 0.2) is 0 Å². The van der Waals surface area contributed by atoms with Gasteiger partial charge in [-0.3, -0.25) is 0 Å². The molecular weight excluding hydrogens is 268 g/mol. The molecule has 1 aromatic carbocycles. The maximum atomic E-state index is 5.51. The van der Waals surface area contributed by atoms with E-state index in [1.54, 1.807) is 20.4 Å². The van der Waals surface area contributed by atoms with E-state index in [1.165, 1.54) is 0 Å². The Morgan fingerprint density at radius 1 is 1.10 bits per heavy atom. The molecule has 1 aromatic heterocycles. The molecule has 0 atom stereocenters. The molecule has 0 radical (unpaired) electrons. The van der Waals surface area contributed by atoms with Crippen LogP contribution in [-0.2, 0) is 6.54 Å². The molecule has 1 heterocycles. The lowest BCUT2D eigenvalue weighted by molar-refractivity contribution is 0.301. The summed E-state index contributed by atoms with van der Waals surface area (Å²) >= 11 is 0. The van der Waals surface area contributed by atoms with Crippen LogP contribution in [0.25, 0.3) is 0 Å². The number of hydrogen-bond donors (Lipinski definition) is 1. The summed E-state index contributed by atoms with van der Waals surface area (Å²) in [7, 11) is 3.30. The summed E-state index contributed by atoms with van der Waals surface area (Å²) in [5, 5.41) is 3.31. The zero-order valence-electron chi connectivity index (χ0n) is 12.3. The first-order valence-corrected chi connectivity index (χ1v) is 6.79. The number of ether oxygens (including phenoxy) is 3. The molecule has 0 saturated carbocycles. The second kappa shape index (κ2) is 8.11. The standard InChI is InChI=1S/C16H20N2O3/c1-19-14-7-6-13(15(11-14)20-2)12-17-9-10-21-16-5-3-4-8-18-16/h3-8,11,17H,9-10,12H2,1-2H3. The van der Waals surface area contributed by atoms with Crippen LogP contribution in [-0.4, -0.2) is 32.4 Å². The molecule has 0 fully saturated rings. The summed E-state index contributed by atoms with van der Waals surface area (Å²) in [6.45, 7) is 2.00. The van der Waals surface area contributed by atoms with Crippen molar-refractivity contribution >= 4 is 0 Å². The Balaban J connectivity index is 1.76. The van der Waals surface area contributed by atoms with Gasteiger partial charge >= 0.3 is 0 Å². The number of nitrogens with zero attached hydrogens (tertiary/aromatic N) is 1. The van der Waals surface area contributed by atoms with Gasteiger partial charge in [0.25, 0.3) is 0 Å². The van der Waals surface area contributed by atoms with Crippen LogP contribution in [0.2, 0.25) is 0 Å². The topological polar surface area (TPSA) is 52.6 Å². The molecule has 1 N–H and O–H groups in total. The summed E-state index contributed by atoms with van der Waals surface area (Å²) in [5.74, 6) is 2.24. The molecule has 0 unspecified atom stereocenters. The highest BCUT2D eigenvalue weighted by Gasteiger charge is 2.04. The summed E-state index contributed by atoms with van der Waals surface area (Å²) in [5.41, 5.74) is 1.08. The Labute approximate surface area is 124 Å². The molecule has 5 heteroatoms. The third-order valence-corrected chi connectivity index (χ3v) is 2.98. The minimum Gasteiger partial charge on any atom is -0.497 e. The Kier molecular flexibility index (Phi) is 5.84. The number of aromatic nitrogens is 1. The van der Waals surface area contributed by atoms with E-state index < -0.39 is 0 Å². The van der Waals surface area contributed by atoms with Crippen LogP contribution in [0.4, 0.5) is 0 Å². The third-order valence-electron chi connectivity index (χ3n) is 2.98. The van der Waals surface area contributed by atoms with Crippen molar-refractivity contribution in [2.45, 2.75) is 6.54 Å². The van der Waals surface area contributed by atoms with Crippen molar-refractivity contribution in [2.24, 2.45) is 0 Å². The number of methoxy groups -OCH3 is 2. The van der Waals surface area contributed by atoms with E-state index in [9.17, 15) is 0 Å². The molecule has 5 nitrogen and oxygen atoms in total. The lowest BCUT2D eigenvalue weighted by atomic mass is 10.2. The van der Waals surface area contributed by atoms with Gasteiger partial charge in [-0.1, -0.05) is 12.1 Å². The van der Waals surface area contributed by atoms with Crippen LogP contribution in [0.3, 0.4) is 0 Å². The van der Waals surface area contributed by atoms with Crippen LogP contribution >= 0.6 is 0 Å². The summed E-state index contributed by atoms with van der Waals surface area (Å²) in [4.78, 5) is 4.10. The lowest BCUT2D eigenvalue weighted by Crippen LogP contribution is -2.21. The van der Waals surface area contributed by atoms with Gasteiger partial charge in [-0.25, -0.2) is 4.98 Å². The fourth-order valence-corrected chi connectivity index (χ4v) is 1.88. The SMILES string of the molecule is COc1ccc(CNCCOc2ccccn2)c(OC)c1. The van der Waals surface area contributed by atoms with Crippen molar-refractivity contribution in [3.8, 4) is 17.4 Å². The highest BCUT2D eigenvalue weighted by Crippen LogP contribution is 2.24. The first kappa shape index (κ1) is 15.1. The van der Waals surface area contributed by atoms with Crippen LogP contribution < -0.4 is 19.5 Å². The zero-order valence-corrected chi connectivity index (χ0v) is 12.3. The Morgan fingerprint density at radius 2 is 2.00 bits per heavy atom. The van der Waals surface area contributed by atoms with E-state index in [0.717, 1.165) is 23.6 Å². The van der Waals surface area contributed by atoms with E-state index in [1.807, 2.05) is 36.4 Å². The average Bonchev–Trinajstić information content (AvgIpc) is 2.55. The molecule has 0 amide bonds. The highest BCUT2D eigenvalue weighted by molar-refractivity contribution is 5.40. The smallest absolute Gasteiger partial charge is 0.213 e. The minimum absolute atomic E-state index is 0.565. The first-order valence-electron chi connectivity index (χ1n) is 6.79. The third kappa shape index (κ3) is 4.65.